The molecule has 4 aliphatic rings. The summed E-state index contributed by atoms with van der Waals surface area (Å²) >= 11 is 0. The van der Waals surface area contributed by atoms with Crippen LogP contribution in [0.15, 0.2) is 0 Å². The molecule has 1 heterocycles. The molecule has 5 nitrogen and oxygen atoms in total. The smallest absolute Gasteiger partial charge is 0.317 e. The number of carbonyl (C=O) groups is 2. The number of urea groups is 1. The van der Waals surface area contributed by atoms with E-state index >= 15 is 0 Å². The average Bonchev–Trinajstić information content (AvgIpc) is 3.18. The third-order valence-electron chi connectivity index (χ3n) is 7.03. The highest BCUT2D eigenvalue weighted by Gasteiger charge is 2.54. The lowest BCUT2D eigenvalue weighted by Crippen LogP contribution is -2.53. The van der Waals surface area contributed by atoms with Crippen molar-refractivity contribution in [3.8, 4) is 0 Å². The lowest BCUT2D eigenvalue weighted by molar-refractivity contribution is -0.143. The second-order valence-corrected chi connectivity index (χ2v) is 8.49. The minimum Gasteiger partial charge on any atom is -0.481 e. The number of nitrogens with one attached hydrogen (secondary N) is 1. The SMILES string of the molecule is CC1CC(C(=O)O)CN(C(=O)NC2CC3CC2C2CCCC32)C1. The van der Waals surface area contributed by atoms with E-state index in [9.17, 15) is 14.7 Å². The van der Waals surface area contributed by atoms with Crippen molar-refractivity contribution in [1.82, 2.24) is 10.2 Å². The molecule has 2 bridgehead atoms. The van der Waals surface area contributed by atoms with Crippen LogP contribution in [0, 0.1) is 35.5 Å². The highest BCUT2D eigenvalue weighted by atomic mass is 16.4. The zero-order valence-electron chi connectivity index (χ0n) is 13.9. The van der Waals surface area contributed by atoms with Crippen LogP contribution in [0.25, 0.3) is 0 Å². The number of aliphatic carboxylic acids is 1. The first-order valence-corrected chi connectivity index (χ1v) is 9.31. The molecule has 2 amide bonds. The summed E-state index contributed by atoms with van der Waals surface area (Å²) in [6, 6.07) is 0.294. The molecule has 0 aromatic rings. The number of amides is 2. The molecule has 3 aliphatic carbocycles. The third-order valence-corrected chi connectivity index (χ3v) is 7.03. The van der Waals surface area contributed by atoms with E-state index in [0.29, 0.717) is 31.5 Å². The van der Waals surface area contributed by atoms with Crippen molar-refractivity contribution in [1.29, 1.82) is 0 Å². The molecule has 2 N–H and O–H groups in total. The second kappa shape index (κ2) is 5.67. The van der Waals surface area contributed by atoms with Crippen LogP contribution in [0.4, 0.5) is 4.79 Å². The van der Waals surface area contributed by atoms with Crippen molar-refractivity contribution >= 4 is 12.0 Å². The number of nitrogens with zero attached hydrogens (tertiary/aromatic N) is 1. The standard InChI is InChI=1S/C18H28N2O3/c1-10-5-12(17(21)22)9-20(8-10)18(23)19-16-7-11-6-15(16)14-4-2-3-13(11)14/h10-16H,2-9H2,1H3,(H,19,23)(H,21,22). The molecule has 1 saturated heterocycles. The van der Waals surface area contributed by atoms with Gasteiger partial charge in [0.2, 0.25) is 0 Å². The van der Waals surface area contributed by atoms with E-state index < -0.39 is 11.9 Å². The number of likely N-dealkylation sites (tertiary alicyclic amines) is 1. The zero-order chi connectivity index (χ0) is 16.1. The summed E-state index contributed by atoms with van der Waals surface area (Å²) in [5, 5.41) is 12.5. The Kier molecular flexibility index (Phi) is 3.77. The molecule has 0 aromatic heterocycles. The van der Waals surface area contributed by atoms with Crippen LogP contribution in [-0.4, -0.2) is 41.1 Å². The van der Waals surface area contributed by atoms with Gasteiger partial charge in [-0.3, -0.25) is 4.79 Å². The van der Waals surface area contributed by atoms with Crippen LogP contribution in [0.5, 0.6) is 0 Å². The van der Waals surface area contributed by atoms with Crippen LogP contribution in [-0.2, 0) is 4.79 Å². The highest BCUT2D eigenvalue weighted by Crippen LogP contribution is 2.58. The summed E-state index contributed by atoms with van der Waals surface area (Å²) < 4.78 is 0. The average molecular weight is 320 g/mol. The van der Waals surface area contributed by atoms with E-state index in [1.54, 1.807) is 4.90 Å². The van der Waals surface area contributed by atoms with Crippen LogP contribution in [0.3, 0.4) is 0 Å². The van der Waals surface area contributed by atoms with E-state index in [2.05, 4.69) is 5.32 Å². The molecule has 0 radical (unpaired) electrons. The third kappa shape index (κ3) is 2.62. The Balaban J connectivity index is 1.38. The Morgan fingerprint density at radius 3 is 2.61 bits per heavy atom. The summed E-state index contributed by atoms with van der Waals surface area (Å²) in [4.78, 5) is 25.7. The molecule has 0 spiro atoms. The minimum absolute atomic E-state index is 0.0325. The van der Waals surface area contributed by atoms with Crippen molar-refractivity contribution in [2.75, 3.05) is 13.1 Å². The second-order valence-electron chi connectivity index (χ2n) is 8.49. The van der Waals surface area contributed by atoms with Gasteiger partial charge in [-0.1, -0.05) is 13.3 Å². The van der Waals surface area contributed by atoms with E-state index in [4.69, 9.17) is 0 Å². The fraction of sp³-hybridized carbons (Fsp3) is 0.889. The summed E-state index contributed by atoms with van der Waals surface area (Å²) in [5.41, 5.74) is 0. The van der Waals surface area contributed by atoms with Crippen molar-refractivity contribution in [2.24, 2.45) is 35.5 Å². The van der Waals surface area contributed by atoms with Crippen molar-refractivity contribution < 1.29 is 14.7 Å². The van der Waals surface area contributed by atoms with Crippen LogP contribution >= 0.6 is 0 Å². The van der Waals surface area contributed by atoms with Gasteiger partial charge in [0.25, 0.3) is 0 Å². The largest absolute Gasteiger partial charge is 0.481 e. The molecule has 128 valence electrons. The molecule has 4 rings (SSSR count). The maximum atomic E-state index is 12.7. The molecule has 0 aromatic carbocycles. The predicted molar refractivity (Wildman–Crippen MR) is 85.8 cm³/mol. The highest BCUT2D eigenvalue weighted by molar-refractivity contribution is 5.77. The molecule has 23 heavy (non-hydrogen) atoms. The Bertz CT molecular complexity index is 508. The number of rotatable bonds is 2. The van der Waals surface area contributed by atoms with Crippen molar-refractivity contribution in [3.05, 3.63) is 0 Å². The zero-order valence-corrected chi connectivity index (χ0v) is 13.9. The predicted octanol–water partition coefficient (Wildman–Crippen LogP) is 2.56. The molecule has 7 unspecified atom stereocenters. The molecular weight excluding hydrogens is 292 g/mol. The van der Waals surface area contributed by atoms with Crippen LogP contribution in [0.1, 0.15) is 45.4 Å². The number of carboxylic acid groups (broad SMARTS) is 1. The summed E-state index contributed by atoms with van der Waals surface area (Å²) in [5.74, 6) is 2.34. The summed E-state index contributed by atoms with van der Waals surface area (Å²) in [7, 11) is 0. The monoisotopic (exact) mass is 320 g/mol. The van der Waals surface area contributed by atoms with Gasteiger partial charge in [0.15, 0.2) is 0 Å². The molecule has 5 heteroatoms. The lowest BCUT2D eigenvalue weighted by atomic mass is 9.79. The maximum Gasteiger partial charge on any atom is 0.317 e. The quantitative estimate of drug-likeness (QED) is 0.821. The van der Waals surface area contributed by atoms with E-state index in [-0.39, 0.29) is 11.9 Å². The molecule has 1 aliphatic heterocycles. The number of fused-ring (bicyclic) bond motifs is 5. The summed E-state index contributed by atoms with van der Waals surface area (Å²) in [6.45, 7) is 3.08. The lowest BCUT2D eigenvalue weighted by Gasteiger charge is -2.37. The Morgan fingerprint density at radius 2 is 1.83 bits per heavy atom. The Hall–Kier alpha value is -1.26. The summed E-state index contributed by atoms with van der Waals surface area (Å²) in [6.07, 6.45) is 7.23. The van der Waals surface area contributed by atoms with Crippen molar-refractivity contribution in [3.63, 3.8) is 0 Å². The molecule has 7 atom stereocenters. The first kappa shape index (κ1) is 15.3. The molecule has 3 saturated carbocycles. The van der Waals surface area contributed by atoms with E-state index in [1.165, 1.54) is 25.7 Å². The normalized spacial score (nSPS) is 45.1. The van der Waals surface area contributed by atoms with Gasteiger partial charge in [0, 0.05) is 19.1 Å². The van der Waals surface area contributed by atoms with E-state index in [1.807, 2.05) is 6.92 Å². The minimum atomic E-state index is -0.775. The number of carboxylic acids is 1. The van der Waals surface area contributed by atoms with E-state index in [0.717, 1.165) is 24.2 Å². The Morgan fingerprint density at radius 1 is 1.04 bits per heavy atom. The topological polar surface area (TPSA) is 69.6 Å². The van der Waals surface area contributed by atoms with Gasteiger partial charge in [0.1, 0.15) is 0 Å². The number of piperidine rings is 1. The van der Waals surface area contributed by atoms with Crippen LogP contribution in [0.2, 0.25) is 0 Å². The van der Waals surface area contributed by atoms with Gasteiger partial charge in [-0.05, 0) is 61.7 Å². The number of carbonyl (C=O) groups excluding carboxylic acids is 1. The van der Waals surface area contributed by atoms with Crippen molar-refractivity contribution in [2.45, 2.75) is 51.5 Å². The van der Waals surface area contributed by atoms with Crippen LogP contribution < -0.4 is 5.32 Å². The van der Waals surface area contributed by atoms with Gasteiger partial charge >= 0.3 is 12.0 Å². The van der Waals surface area contributed by atoms with Gasteiger partial charge < -0.3 is 15.3 Å². The van der Waals surface area contributed by atoms with Gasteiger partial charge in [-0.15, -0.1) is 0 Å². The maximum absolute atomic E-state index is 12.7. The first-order valence-electron chi connectivity index (χ1n) is 9.31. The first-order chi connectivity index (χ1) is 11.0. The van der Waals surface area contributed by atoms with Gasteiger partial charge in [0.05, 0.1) is 5.92 Å². The number of hydrogen-bond donors (Lipinski definition) is 2. The molecule has 4 fully saturated rings. The fourth-order valence-corrected chi connectivity index (χ4v) is 6.18. The number of hydrogen-bond acceptors (Lipinski definition) is 2. The van der Waals surface area contributed by atoms with Gasteiger partial charge in [-0.25, -0.2) is 4.79 Å². The van der Waals surface area contributed by atoms with Gasteiger partial charge in [-0.2, -0.15) is 0 Å². The molecular formula is C18H28N2O3. The fourth-order valence-electron chi connectivity index (χ4n) is 6.18. The Labute approximate surface area is 137 Å².